The molecule has 9 nitrogen and oxygen atoms in total. The molecule has 1 aromatic heterocycles. The molecule has 2 N–H and O–H groups in total. The predicted octanol–water partition coefficient (Wildman–Crippen LogP) is 5.71. The molecular weight excluding hydrogens is 514 g/mol. The van der Waals surface area contributed by atoms with Crippen molar-refractivity contribution < 1.29 is 14.1 Å². The van der Waals surface area contributed by atoms with Crippen molar-refractivity contribution >= 4 is 63.0 Å². The summed E-state index contributed by atoms with van der Waals surface area (Å²) in [6.07, 6.45) is 2.48. The van der Waals surface area contributed by atoms with Gasteiger partial charge in [0.1, 0.15) is 11.2 Å². The van der Waals surface area contributed by atoms with Crippen LogP contribution in [0.2, 0.25) is 5.02 Å². The van der Waals surface area contributed by atoms with Crippen molar-refractivity contribution in [2.24, 2.45) is 0 Å². The summed E-state index contributed by atoms with van der Waals surface area (Å²) >= 11 is 11.3. The molecule has 0 radical (unpaired) electrons. The standard InChI is InChI=1S/C26H22ClN5O4S/c27-18-6-10-23-20(15-18)29-24(36-23)13-16-3-7-19(8-4-16)28-26(37)30-25(33)17-5-9-21(22(14-17)32(34)35)31-11-1-2-12-31/h3-10,14-15H,1-2,11-13H2,(H2,28,30,33,37). The molecule has 0 atom stereocenters. The molecule has 11 heteroatoms. The van der Waals surface area contributed by atoms with Crippen LogP contribution < -0.4 is 15.5 Å². The molecule has 0 bridgehead atoms. The molecule has 1 saturated heterocycles. The number of nitro benzene ring substituents is 1. The number of hydrogen-bond acceptors (Lipinski definition) is 7. The van der Waals surface area contributed by atoms with Gasteiger partial charge in [-0.05, 0) is 73.1 Å². The quantitative estimate of drug-likeness (QED) is 0.183. The van der Waals surface area contributed by atoms with E-state index in [-0.39, 0.29) is 16.4 Å². The number of amides is 1. The van der Waals surface area contributed by atoms with Crippen molar-refractivity contribution in [1.82, 2.24) is 10.3 Å². The van der Waals surface area contributed by atoms with E-state index in [0.29, 0.717) is 39.8 Å². The summed E-state index contributed by atoms with van der Waals surface area (Å²) in [5, 5.41) is 17.8. The van der Waals surface area contributed by atoms with E-state index in [9.17, 15) is 14.9 Å². The van der Waals surface area contributed by atoms with Gasteiger partial charge in [0.25, 0.3) is 11.6 Å². The molecular formula is C26H22ClN5O4S. The highest BCUT2D eigenvalue weighted by Crippen LogP contribution is 2.31. The summed E-state index contributed by atoms with van der Waals surface area (Å²) < 4.78 is 5.77. The van der Waals surface area contributed by atoms with Gasteiger partial charge in [0.2, 0.25) is 0 Å². The van der Waals surface area contributed by atoms with Gasteiger partial charge in [-0.3, -0.25) is 20.2 Å². The van der Waals surface area contributed by atoms with E-state index in [2.05, 4.69) is 15.6 Å². The maximum Gasteiger partial charge on any atom is 0.293 e. The first-order valence-corrected chi connectivity index (χ1v) is 12.4. The van der Waals surface area contributed by atoms with E-state index in [1.54, 1.807) is 30.3 Å². The van der Waals surface area contributed by atoms with Crippen LogP contribution in [0, 0.1) is 10.1 Å². The van der Waals surface area contributed by atoms with Gasteiger partial charge in [0.05, 0.1) is 4.92 Å². The van der Waals surface area contributed by atoms with Gasteiger partial charge in [0.15, 0.2) is 16.6 Å². The van der Waals surface area contributed by atoms with Gasteiger partial charge >= 0.3 is 0 Å². The molecule has 0 unspecified atom stereocenters. The number of nitrogens with one attached hydrogen (secondary N) is 2. The number of rotatable bonds is 6. The molecule has 37 heavy (non-hydrogen) atoms. The van der Waals surface area contributed by atoms with Crippen LogP contribution in [-0.4, -0.2) is 34.0 Å². The number of carbonyl (C=O) groups excluding carboxylic acids is 1. The largest absolute Gasteiger partial charge is 0.440 e. The van der Waals surface area contributed by atoms with E-state index >= 15 is 0 Å². The van der Waals surface area contributed by atoms with E-state index in [1.807, 2.05) is 29.2 Å². The number of halogens is 1. The number of aromatic nitrogens is 1. The molecule has 0 spiro atoms. The lowest BCUT2D eigenvalue weighted by atomic mass is 10.1. The normalized spacial score (nSPS) is 13.1. The Balaban J connectivity index is 1.20. The summed E-state index contributed by atoms with van der Waals surface area (Å²) in [5.41, 5.74) is 3.63. The highest BCUT2D eigenvalue weighted by Gasteiger charge is 2.24. The summed E-state index contributed by atoms with van der Waals surface area (Å²) in [5.74, 6) is 0.0480. The number of carbonyl (C=O) groups is 1. The van der Waals surface area contributed by atoms with Crippen LogP contribution in [0.1, 0.15) is 34.7 Å². The Kier molecular flexibility index (Phi) is 7.02. The average Bonchev–Trinajstić information content (AvgIpc) is 3.54. The minimum absolute atomic E-state index is 0.0832. The van der Waals surface area contributed by atoms with Crippen molar-refractivity contribution in [2.75, 3.05) is 23.3 Å². The number of nitro groups is 1. The zero-order valence-electron chi connectivity index (χ0n) is 19.6. The number of thiocarbonyl (C=S) groups is 1. The Morgan fingerprint density at radius 2 is 1.86 bits per heavy atom. The maximum atomic E-state index is 12.7. The molecule has 1 aliphatic heterocycles. The van der Waals surface area contributed by atoms with Gasteiger partial charge < -0.3 is 14.6 Å². The Morgan fingerprint density at radius 1 is 1.11 bits per heavy atom. The molecule has 1 amide bonds. The molecule has 3 aromatic carbocycles. The van der Waals surface area contributed by atoms with Crippen molar-refractivity contribution in [3.8, 4) is 0 Å². The summed E-state index contributed by atoms with van der Waals surface area (Å²) in [7, 11) is 0. The molecule has 5 rings (SSSR count). The third-order valence-electron chi connectivity index (χ3n) is 6.07. The van der Waals surface area contributed by atoms with Gasteiger partial charge in [-0.15, -0.1) is 0 Å². The second kappa shape index (κ2) is 10.5. The van der Waals surface area contributed by atoms with Crippen molar-refractivity contribution in [2.45, 2.75) is 19.3 Å². The molecule has 2 heterocycles. The Bertz CT molecular complexity index is 1500. The lowest BCUT2D eigenvalue weighted by Gasteiger charge is -2.18. The van der Waals surface area contributed by atoms with E-state index < -0.39 is 10.8 Å². The van der Waals surface area contributed by atoms with E-state index in [0.717, 1.165) is 31.5 Å². The van der Waals surface area contributed by atoms with Crippen LogP contribution in [0.25, 0.3) is 11.1 Å². The topological polar surface area (TPSA) is 114 Å². The minimum Gasteiger partial charge on any atom is -0.440 e. The average molecular weight is 536 g/mol. The van der Waals surface area contributed by atoms with Crippen molar-refractivity contribution in [1.29, 1.82) is 0 Å². The first-order chi connectivity index (χ1) is 17.9. The lowest BCUT2D eigenvalue weighted by molar-refractivity contribution is -0.384. The Morgan fingerprint density at radius 3 is 2.59 bits per heavy atom. The third kappa shape index (κ3) is 5.71. The Labute approximate surface area is 222 Å². The fourth-order valence-corrected chi connectivity index (χ4v) is 4.66. The maximum absolute atomic E-state index is 12.7. The van der Waals surface area contributed by atoms with Gasteiger partial charge in [-0.25, -0.2) is 4.98 Å². The first-order valence-electron chi connectivity index (χ1n) is 11.7. The molecule has 4 aromatic rings. The molecule has 1 aliphatic rings. The third-order valence-corrected chi connectivity index (χ3v) is 6.51. The second-order valence-electron chi connectivity index (χ2n) is 8.66. The lowest BCUT2D eigenvalue weighted by Crippen LogP contribution is -2.34. The zero-order valence-corrected chi connectivity index (χ0v) is 21.1. The molecule has 0 saturated carbocycles. The SMILES string of the molecule is O=C(NC(=S)Nc1ccc(Cc2nc3cc(Cl)ccc3o2)cc1)c1ccc(N2CCCC2)c([N+](=O)[O-])c1. The highest BCUT2D eigenvalue weighted by molar-refractivity contribution is 7.80. The number of oxazole rings is 1. The number of anilines is 2. The number of fused-ring (bicyclic) bond motifs is 1. The summed E-state index contributed by atoms with van der Waals surface area (Å²) in [4.78, 5) is 30.3. The zero-order chi connectivity index (χ0) is 25.9. The molecule has 188 valence electrons. The van der Waals surface area contributed by atoms with Crippen LogP contribution in [0.3, 0.4) is 0 Å². The number of nitrogens with zero attached hydrogens (tertiary/aromatic N) is 3. The number of benzene rings is 3. The van der Waals surface area contributed by atoms with Crippen LogP contribution in [0.5, 0.6) is 0 Å². The van der Waals surface area contributed by atoms with E-state index in [1.165, 1.54) is 6.07 Å². The Hall–Kier alpha value is -4.02. The van der Waals surface area contributed by atoms with Gasteiger partial charge in [0, 0.05) is 41.9 Å². The minimum atomic E-state index is -0.527. The second-order valence-corrected chi connectivity index (χ2v) is 9.50. The van der Waals surface area contributed by atoms with Crippen molar-refractivity contribution in [3.63, 3.8) is 0 Å². The summed E-state index contributed by atoms with van der Waals surface area (Å²) in [6, 6.07) is 17.2. The fraction of sp³-hybridized carbons (Fsp3) is 0.192. The highest BCUT2D eigenvalue weighted by atomic mass is 35.5. The van der Waals surface area contributed by atoms with Crippen LogP contribution >= 0.6 is 23.8 Å². The number of hydrogen-bond donors (Lipinski definition) is 2. The molecule has 0 aliphatic carbocycles. The first kappa shape index (κ1) is 24.7. The smallest absolute Gasteiger partial charge is 0.293 e. The predicted molar refractivity (Wildman–Crippen MR) is 146 cm³/mol. The van der Waals surface area contributed by atoms with E-state index in [4.69, 9.17) is 28.2 Å². The van der Waals surface area contributed by atoms with Crippen LogP contribution in [-0.2, 0) is 6.42 Å². The van der Waals surface area contributed by atoms with Crippen LogP contribution in [0.4, 0.5) is 17.1 Å². The fourth-order valence-electron chi connectivity index (χ4n) is 4.28. The van der Waals surface area contributed by atoms with Gasteiger partial charge in [-0.2, -0.15) is 0 Å². The van der Waals surface area contributed by atoms with Crippen molar-refractivity contribution in [3.05, 3.63) is 92.8 Å². The van der Waals surface area contributed by atoms with Crippen LogP contribution in [0.15, 0.2) is 65.1 Å². The molecule has 1 fully saturated rings. The van der Waals surface area contributed by atoms with Gasteiger partial charge in [-0.1, -0.05) is 23.7 Å². The summed E-state index contributed by atoms with van der Waals surface area (Å²) in [6.45, 7) is 1.53. The monoisotopic (exact) mass is 535 g/mol.